The maximum absolute atomic E-state index is 12.5. The van der Waals surface area contributed by atoms with Gasteiger partial charge in [-0.05, 0) is 30.3 Å². The van der Waals surface area contributed by atoms with Crippen LogP contribution in [0.15, 0.2) is 53.4 Å². The Bertz CT molecular complexity index is 959. The van der Waals surface area contributed by atoms with Crippen LogP contribution < -0.4 is 4.72 Å². The monoisotopic (exact) mass is 395 g/mol. The lowest BCUT2D eigenvalue weighted by atomic mass is 10.2. The Balaban J connectivity index is 1.80. The highest BCUT2D eigenvalue weighted by molar-refractivity contribution is 7.92. The van der Waals surface area contributed by atoms with Crippen molar-refractivity contribution in [2.24, 2.45) is 0 Å². The summed E-state index contributed by atoms with van der Waals surface area (Å²) in [5.41, 5.74) is 0.225. The highest BCUT2D eigenvalue weighted by Crippen LogP contribution is 2.24. The number of sulfonamides is 1. The predicted molar refractivity (Wildman–Crippen MR) is 93.5 cm³/mol. The van der Waals surface area contributed by atoms with E-state index in [-0.39, 0.29) is 34.2 Å². The minimum Gasteiger partial charge on any atom is -0.463 e. The van der Waals surface area contributed by atoms with Gasteiger partial charge in [-0.25, -0.2) is 18.0 Å². The van der Waals surface area contributed by atoms with Crippen molar-refractivity contribution in [3.8, 4) is 0 Å². The van der Waals surface area contributed by atoms with Gasteiger partial charge >= 0.3 is 11.9 Å². The van der Waals surface area contributed by atoms with Crippen LogP contribution in [0.4, 0.5) is 5.69 Å². The van der Waals surface area contributed by atoms with Gasteiger partial charge < -0.3 is 9.47 Å². The average Bonchev–Trinajstić information content (AvgIpc) is 3.02. The molecule has 2 aromatic carbocycles. The second-order valence-corrected chi connectivity index (χ2v) is 7.55. The molecular formula is C17H14ClNO6S. The van der Waals surface area contributed by atoms with E-state index in [9.17, 15) is 18.0 Å². The second-order valence-electron chi connectivity index (χ2n) is 5.46. The van der Waals surface area contributed by atoms with E-state index in [1.54, 1.807) is 18.2 Å². The highest BCUT2D eigenvalue weighted by Gasteiger charge is 2.30. The Hall–Kier alpha value is -2.58. The molecule has 0 aromatic heterocycles. The number of rotatable bonds is 5. The molecule has 1 saturated heterocycles. The summed E-state index contributed by atoms with van der Waals surface area (Å²) in [5, 5.41) is 0.242. The molecule has 0 aliphatic carbocycles. The third-order valence-electron chi connectivity index (χ3n) is 3.63. The van der Waals surface area contributed by atoms with Crippen LogP contribution in [0.25, 0.3) is 0 Å². The Kier molecular flexibility index (Phi) is 5.15. The molecule has 1 N–H and O–H groups in total. The number of ether oxygens (including phenoxy) is 2. The molecule has 2 aromatic rings. The van der Waals surface area contributed by atoms with Gasteiger partial charge in [-0.15, -0.1) is 0 Å². The molecule has 1 heterocycles. The Morgan fingerprint density at radius 3 is 2.65 bits per heavy atom. The zero-order valence-corrected chi connectivity index (χ0v) is 14.9. The summed E-state index contributed by atoms with van der Waals surface area (Å²) in [6.07, 6.45) is -0.694. The predicted octanol–water partition coefficient (Wildman–Crippen LogP) is 2.61. The maximum atomic E-state index is 12.5. The second kappa shape index (κ2) is 7.35. The molecule has 0 unspecified atom stereocenters. The van der Waals surface area contributed by atoms with Crippen LogP contribution in [0.5, 0.6) is 0 Å². The summed E-state index contributed by atoms with van der Waals surface area (Å²) in [6, 6.07) is 11.7. The Morgan fingerprint density at radius 1 is 1.19 bits per heavy atom. The number of benzene rings is 2. The largest absolute Gasteiger partial charge is 0.463 e. The van der Waals surface area contributed by atoms with E-state index in [1.165, 1.54) is 30.3 Å². The molecule has 0 bridgehead atoms. The van der Waals surface area contributed by atoms with Gasteiger partial charge in [0.15, 0.2) is 0 Å². The van der Waals surface area contributed by atoms with Crippen molar-refractivity contribution < 1.29 is 27.5 Å². The molecule has 1 atom stereocenters. The van der Waals surface area contributed by atoms with E-state index >= 15 is 0 Å². The highest BCUT2D eigenvalue weighted by atomic mass is 35.5. The van der Waals surface area contributed by atoms with Crippen molar-refractivity contribution in [2.75, 3.05) is 11.3 Å². The number of carbonyl (C=O) groups is 2. The van der Waals surface area contributed by atoms with E-state index < -0.39 is 28.1 Å². The number of nitrogens with one attached hydrogen (secondary N) is 1. The van der Waals surface area contributed by atoms with Crippen molar-refractivity contribution in [3.05, 3.63) is 59.1 Å². The smallest absolute Gasteiger partial charge is 0.347 e. The minimum absolute atomic E-state index is 0.00623. The summed E-state index contributed by atoms with van der Waals surface area (Å²) in [7, 11) is -3.96. The zero-order chi connectivity index (χ0) is 18.7. The minimum atomic E-state index is -3.96. The van der Waals surface area contributed by atoms with E-state index in [4.69, 9.17) is 21.1 Å². The van der Waals surface area contributed by atoms with E-state index in [2.05, 4.69) is 4.72 Å². The average molecular weight is 396 g/mol. The summed E-state index contributed by atoms with van der Waals surface area (Å²) in [5.74, 6) is -1.41. The van der Waals surface area contributed by atoms with Crippen LogP contribution in [0.2, 0.25) is 5.02 Å². The van der Waals surface area contributed by atoms with Gasteiger partial charge in [0.05, 0.1) is 27.8 Å². The lowest BCUT2D eigenvalue weighted by molar-refractivity contribution is -0.145. The normalized spacial score (nSPS) is 16.8. The molecule has 26 heavy (non-hydrogen) atoms. The number of carbonyl (C=O) groups excluding carboxylic acids is 2. The van der Waals surface area contributed by atoms with Gasteiger partial charge in [0, 0.05) is 6.42 Å². The standard InChI is InChI=1S/C17H14ClNO6S/c18-13-6-1-2-7-14(13)19-26(22,23)12-5-3-4-11(10-12)16(20)25-15-8-9-24-17(15)21/h1-7,10,15,19H,8-9H2/t15-/m1/s1. The number of esters is 2. The van der Waals surface area contributed by atoms with Gasteiger partial charge in [-0.1, -0.05) is 29.8 Å². The van der Waals surface area contributed by atoms with Crippen LogP contribution in [-0.4, -0.2) is 33.1 Å². The fourth-order valence-corrected chi connectivity index (χ4v) is 3.68. The van der Waals surface area contributed by atoms with E-state index in [0.717, 1.165) is 0 Å². The molecule has 1 fully saturated rings. The van der Waals surface area contributed by atoms with Crippen LogP contribution >= 0.6 is 11.6 Å². The first-order valence-electron chi connectivity index (χ1n) is 7.62. The Morgan fingerprint density at radius 2 is 1.96 bits per heavy atom. The molecule has 1 aliphatic rings. The van der Waals surface area contributed by atoms with Crippen molar-refractivity contribution in [3.63, 3.8) is 0 Å². The number of halogens is 1. The van der Waals surface area contributed by atoms with Crippen molar-refractivity contribution >= 4 is 39.3 Å². The quantitative estimate of drug-likeness (QED) is 0.781. The van der Waals surface area contributed by atoms with Gasteiger partial charge in [-0.2, -0.15) is 0 Å². The SMILES string of the molecule is O=C(O[C@@H]1CCOC1=O)c1cccc(S(=O)(=O)Nc2ccccc2Cl)c1. The first-order valence-corrected chi connectivity index (χ1v) is 9.48. The molecule has 0 radical (unpaired) electrons. The Labute approximate surface area is 154 Å². The van der Waals surface area contributed by atoms with Crippen LogP contribution in [0.1, 0.15) is 16.8 Å². The van der Waals surface area contributed by atoms with Crippen molar-refractivity contribution in [1.29, 1.82) is 0 Å². The molecule has 9 heteroatoms. The number of para-hydroxylation sites is 1. The number of hydrogen-bond donors (Lipinski definition) is 1. The molecule has 3 rings (SSSR count). The number of anilines is 1. The van der Waals surface area contributed by atoms with Crippen LogP contribution in [0, 0.1) is 0 Å². The molecule has 1 aliphatic heterocycles. The van der Waals surface area contributed by atoms with Crippen molar-refractivity contribution in [2.45, 2.75) is 17.4 Å². The molecule has 0 spiro atoms. The first-order chi connectivity index (χ1) is 12.4. The fraction of sp³-hybridized carbons (Fsp3) is 0.176. The van der Waals surface area contributed by atoms with Gasteiger partial charge in [0.1, 0.15) is 0 Å². The topological polar surface area (TPSA) is 98.8 Å². The zero-order valence-electron chi connectivity index (χ0n) is 13.3. The van der Waals surface area contributed by atoms with Gasteiger partial charge in [0.2, 0.25) is 6.10 Å². The lowest BCUT2D eigenvalue weighted by Gasteiger charge is -2.11. The molecule has 0 amide bonds. The van der Waals surface area contributed by atoms with Crippen LogP contribution in [0.3, 0.4) is 0 Å². The summed E-state index contributed by atoms with van der Waals surface area (Å²) in [4.78, 5) is 23.4. The molecule has 136 valence electrons. The van der Waals surface area contributed by atoms with E-state index in [0.29, 0.717) is 0 Å². The van der Waals surface area contributed by atoms with E-state index in [1.807, 2.05) is 0 Å². The van der Waals surface area contributed by atoms with Gasteiger partial charge in [0.25, 0.3) is 10.0 Å². The summed E-state index contributed by atoms with van der Waals surface area (Å²) in [6.45, 7) is 0.187. The maximum Gasteiger partial charge on any atom is 0.347 e. The van der Waals surface area contributed by atoms with Crippen molar-refractivity contribution in [1.82, 2.24) is 0 Å². The van der Waals surface area contributed by atoms with Crippen LogP contribution in [-0.2, 0) is 24.3 Å². The third-order valence-corrected chi connectivity index (χ3v) is 5.33. The lowest BCUT2D eigenvalue weighted by Crippen LogP contribution is -2.23. The molecule has 0 saturated carbocycles. The molecule has 7 nitrogen and oxygen atoms in total. The number of cyclic esters (lactones) is 1. The number of hydrogen-bond acceptors (Lipinski definition) is 6. The molecular weight excluding hydrogens is 382 g/mol. The summed E-state index contributed by atoms with van der Waals surface area (Å²) < 4.78 is 37.2. The van der Waals surface area contributed by atoms with Gasteiger partial charge in [-0.3, -0.25) is 4.72 Å². The summed E-state index contributed by atoms with van der Waals surface area (Å²) >= 11 is 5.96. The first kappa shape index (κ1) is 18.2. The third kappa shape index (κ3) is 3.97. The fourth-order valence-electron chi connectivity index (χ4n) is 2.32.